The van der Waals surface area contributed by atoms with E-state index in [4.69, 9.17) is 0 Å². The van der Waals surface area contributed by atoms with Crippen molar-refractivity contribution in [1.82, 2.24) is 15.3 Å². The Bertz CT molecular complexity index is 374. The number of anilines is 2. The van der Waals surface area contributed by atoms with Gasteiger partial charge in [-0.15, -0.1) is 0 Å². The van der Waals surface area contributed by atoms with Gasteiger partial charge in [0.25, 0.3) is 0 Å². The van der Waals surface area contributed by atoms with E-state index in [1.165, 1.54) is 12.8 Å². The van der Waals surface area contributed by atoms with Crippen molar-refractivity contribution < 1.29 is 0 Å². The highest BCUT2D eigenvalue weighted by Gasteiger charge is 2.13. The molecule has 0 bridgehead atoms. The van der Waals surface area contributed by atoms with Gasteiger partial charge in [0, 0.05) is 25.2 Å². The maximum Gasteiger partial charge on any atom is 0.131 e. The third kappa shape index (κ3) is 3.84. The summed E-state index contributed by atoms with van der Waals surface area (Å²) in [5.41, 5.74) is 0. The third-order valence-electron chi connectivity index (χ3n) is 3.09. The first kappa shape index (κ1) is 13.1. The summed E-state index contributed by atoms with van der Waals surface area (Å²) in [5.74, 6) is 2.62. The Morgan fingerprint density at radius 1 is 1.33 bits per heavy atom. The molecular weight excluding hydrogens is 226 g/mol. The summed E-state index contributed by atoms with van der Waals surface area (Å²) in [6.07, 6.45) is 3.62. The second-order valence-corrected chi connectivity index (χ2v) is 4.79. The first-order valence-corrected chi connectivity index (χ1v) is 6.84. The SMILES string of the molecule is CCCNc1cc(NCC2CCCN2)nc(C)n1. The number of rotatable bonds is 6. The first-order chi connectivity index (χ1) is 8.78. The molecular formula is C13H23N5. The summed E-state index contributed by atoms with van der Waals surface area (Å²) in [6.45, 7) is 7.09. The van der Waals surface area contributed by atoms with Gasteiger partial charge in [0.15, 0.2) is 0 Å². The van der Waals surface area contributed by atoms with Gasteiger partial charge in [0.1, 0.15) is 17.5 Å². The lowest BCUT2D eigenvalue weighted by atomic mass is 10.2. The Morgan fingerprint density at radius 3 is 2.78 bits per heavy atom. The molecule has 0 spiro atoms. The molecule has 5 nitrogen and oxygen atoms in total. The maximum atomic E-state index is 4.41. The van der Waals surface area contributed by atoms with Crippen molar-refractivity contribution in [3.8, 4) is 0 Å². The van der Waals surface area contributed by atoms with Crippen LogP contribution in [0.3, 0.4) is 0 Å². The number of nitrogens with zero attached hydrogens (tertiary/aromatic N) is 2. The van der Waals surface area contributed by atoms with Gasteiger partial charge in [0.2, 0.25) is 0 Å². The van der Waals surface area contributed by atoms with Gasteiger partial charge in [-0.1, -0.05) is 6.92 Å². The van der Waals surface area contributed by atoms with E-state index in [0.717, 1.165) is 43.5 Å². The fourth-order valence-corrected chi connectivity index (χ4v) is 2.16. The Hall–Kier alpha value is -1.36. The molecule has 0 aliphatic carbocycles. The number of nitrogens with one attached hydrogen (secondary N) is 3. The van der Waals surface area contributed by atoms with E-state index >= 15 is 0 Å². The zero-order valence-electron chi connectivity index (χ0n) is 11.3. The van der Waals surface area contributed by atoms with Crippen molar-refractivity contribution in [2.75, 3.05) is 30.3 Å². The molecule has 0 radical (unpaired) electrons. The predicted octanol–water partition coefficient (Wildman–Crippen LogP) is 1.77. The summed E-state index contributed by atoms with van der Waals surface area (Å²) in [6, 6.07) is 2.56. The van der Waals surface area contributed by atoms with Gasteiger partial charge in [-0.25, -0.2) is 9.97 Å². The Morgan fingerprint density at radius 2 is 2.11 bits per heavy atom. The van der Waals surface area contributed by atoms with Gasteiger partial charge >= 0.3 is 0 Å². The summed E-state index contributed by atoms with van der Waals surface area (Å²) in [4.78, 5) is 8.79. The van der Waals surface area contributed by atoms with E-state index < -0.39 is 0 Å². The largest absolute Gasteiger partial charge is 0.370 e. The summed E-state index contributed by atoms with van der Waals surface area (Å²) in [7, 11) is 0. The number of aryl methyl sites for hydroxylation is 1. The molecule has 0 aromatic carbocycles. The van der Waals surface area contributed by atoms with Crippen molar-refractivity contribution in [3.05, 3.63) is 11.9 Å². The number of hydrogen-bond donors (Lipinski definition) is 3. The lowest BCUT2D eigenvalue weighted by molar-refractivity contribution is 0.632. The van der Waals surface area contributed by atoms with Crippen LogP contribution in [-0.4, -0.2) is 35.6 Å². The van der Waals surface area contributed by atoms with E-state index in [9.17, 15) is 0 Å². The van der Waals surface area contributed by atoms with Crippen molar-refractivity contribution in [3.63, 3.8) is 0 Å². The van der Waals surface area contributed by atoms with Crippen LogP contribution in [0, 0.1) is 6.92 Å². The number of hydrogen-bond acceptors (Lipinski definition) is 5. The van der Waals surface area contributed by atoms with E-state index in [2.05, 4.69) is 32.8 Å². The minimum atomic E-state index is 0.576. The van der Waals surface area contributed by atoms with Gasteiger partial charge in [-0.3, -0.25) is 0 Å². The minimum absolute atomic E-state index is 0.576. The highest BCUT2D eigenvalue weighted by Crippen LogP contribution is 2.12. The molecule has 1 aromatic heterocycles. The second kappa shape index (κ2) is 6.54. The topological polar surface area (TPSA) is 61.9 Å². The molecule has 1 aliphatic heterocycles. The molecule has 0 saturated carbocycles. The third-order valence-corrected chi connectivity index (χ3v) is 3.09. The second-order valence-electron chi connectivity index (χ2n) is 4.79. The molecule has 5 heteroatoms. The van der Waals surface area contributed by atoms with Crippen molar-refractivity contribution in [2.45, 2.75) is 39.2 Å². The van der Waals surface area contributed by atoms with Gasteiger partial charge < -0.3 is 16.0 Å². The van der Waals surface area contributed by atoms with E-state index in [1.54, 1.807) is 0 Å². The summed E-state index contributed by atoms with van der Waals surface area (Å²) in [5, 5.41) is 10.2. The van der Waals surface area contributed by atoms with E-state index in [1.807, 2.05) is 13.0 Å². The Kier molecular flexibility index (Phi) is 4.75. The van der Waals surface area contributed by atoms with Gasteiger partial charge in [-0.2, -0.15) is 0 Å². The van der Waals surface area contributed by atoms with E-state index in [-0.39, 0.29) is 0 Å². The van der Waals surface area contributed by atoms with Crippen molar-refractivity contribution in [2.24, 2.45) is 0 Å². The number of aromatic nitrogens is 2. The molecule has 100 valence electrons. The van der Waals surface area contributed by atoms with Crippen molar-refractivity contribution >= 4 is 11.6 Å². The fourth-order valence-electron chi connectivity index (χ4n) is 2.16. The van der Waals surface area contributed by atoms with Crippen LogP contribution in [0.5, 0.6) is 0 Å². The molecule has 3 N–H and O–H groups in total. The normalized spacial score (nSPS) is 18.9. The Labute approximate surface area is 109 Å². The summed E-state index contributed by atoms with van der Waals surface area (Å²) < 4.78 is 0. The molecule has 1 fully saturated rings. The van der Waals surface area contributed by atoms with Crippen LogP contribution in [0.15, 0.2) is 6.07 Å². The molecule has 1 aliphatic rings. The molecule has 2 rings (SSSR count). The van der Waals surface area contributed by atoms with Gasteiger partial charge in [-0.05, 0) is 32.7 Å². The summed E-state index contributed by atoms with van der Waals surface area (Å²) >= 11 is 0. The Balaban J connectivity index is 1.91. The zero-order valence-corrected chi connectivity index (χ0v) is 11.3. The van der Waals surface area contributed by atoms with Gasteiger partial charge in [0.05, 0.1) is 0 Å². The fraction of sp³-hybridized carbons (Fsp3) is 0.692. The molecule has 2 heterocycles. The molecule has 1 unspecified atom stereocenters. The molecule has 1 saturated heterocycles. The first-order valence-electron chi connectivity index (χ1n) is 6.84. The molecule has 1 atom stereocenters. The monoisotopic (exact) mass is 249 g/mol. The predicted molar refractivity (Wildman–Crippen MR) is 75.1 cm³/mol. The van der Waals surface area contributed by atoms with Crippen LogP contribution in [0.25, 0.3) is 0 Å². The van der Waals surface area contributed by atoms with Crippen LogP contribution in [0.1, 0.15) is 32.0 Å². The van der Waals surface area contributed by atoms with Crippen LogP contribution in [0.2, 0.25) is 0 Å². The quantitative estimate of drug-likeness (QED) is 0.717. The van der Waals surface area contributed by atoms with E-state index in [0.29, 0.717) is 6.04 Å². The van der Waals surface area contributed by atoms with Crippen LogP contribution < -0.4 is 16.0 Å². The van der Waals surface area contributed by atoms with Crippen LogP contribution in [-0.2, 0) is 0 Å². The lowest BCUT2D eigenvalue weighted by Gasteiger charge is -2.13. The average Bonchev–Trinajstić information content (AvgIpc) is 2.86. The molecule has 18 heavy (non-hydrogen) atoms. The standard InChI is InChI=1S/C13H23N5/c1-3-6-15-12-8-13(18-10(2)17-12)16-9-11-5-4-7-14-11/h8,11,14H,3-7,9H2,1-2H3,(H2,15,16,17,18). The molecule has 1 aromatic rings. The van der Waals surface area contributed by atoms with Crippen molar-refractivity contribution in [1.29, 1.82) is 0 Å². The minimum Gasteiger partial charge on any atom is -0.370 e. The highest BCUT2D eigenvalue weighted by molar-refractivity contribution is 5.47. The highest BCUT2D eigenvalue weighted by atomic mass is 15.1. The lowest BCUT2D eigenvalue weighted by Crippen LogP contribution is -2.29. The van der Waals surface area contributed by atoms with Crippen LogP contribution >= 0.6 is 0 Å². The van der Waals surface area contributed by atoms with Crippen LogP contribution in [0.4, 0.5) is 11.6 Å². The molecule has 0 amide bonds. The smallest absolute Gasteiger partial charge is 0.131 e. The maximum absolute atomic E-state index is 4.41. The average molecular weight is 249 g/mol. The zero-order chi connectivity index (χ0) is 12.8.